The number of rotatable bonds is 6. The topological polar surface area (TPSA) is 38.3 Å². The Morgan fingerprint density at radius 2 is 1.92 bits per heavy atom. The maximum atomic E-state index is 12.9. The van der Waals surface area contributed by atoms with E-state index in [2.05, 4.69) is 5.32 Å². The van der Waals surface area contributed by atoms with Crippen molar-refractivity contribution in [2.75, 3.05) is 5.32 Å². The minimum atomic E-state index is -0.269. The maximum absolute atomic E-state index is 12.9. The summed E-state index contributed by atoms with van der Waals surface area (Å²) in [4.78, 5) is 13.0. The highest BCUT2D eigenvalue weighted by atomic mass is 32.1. The second-order valence-corrected chi connectivity index (χ2v) is 6.28. The first kappa shape index (κ1) is 16.2. The smallest absolute Gasteiger partial charge is 0.229 e. The largest absolute Gasteiger partial charge is 0.489 e. The van der Waals surface area contributed by atoms with Crippen LogP contribution in [0.4, 0.5) is 10.1 Å². The average Bonchev–Trinajstić information content (AvgIpc) is 3.07. The van der Waals surface area contributed by atoms with Gasteiger partial charge < -0.3 is 10.1 Å². The van der Waals surface area contributed by atoms with E-state index in [1.165, 1.54) is 12.1 Å². The van der Waals surface area contributed by atoms with Crippen molar-refractivity contribution in [2.45, 2.75) is 13.0 Å². The number of benzene rings is 2. The molecule has 122 valence electrons. The van der Waals surface area contributed by atoms with Crippen LogP contribution in [-0.2, 0) is 17.8 Å². The number of hydrogen-bond donors (Lipinski definition) is 1. The zero-order valence-corrected chi connectivity index (χ0v) is 13.7. The molecule has 1 aromatic heterocycles. The number of ether oxygens (including phenoxy) is 1. The number of amides is 1. The lowest BCUT2D eigenvalue weighted by atomic mass is 10.2. The Morgan fingerprint density at radius 3 is 2.67 bits per heavy atom. The third-order valence-corrected chi connectivity index (χ3v) is 4.23. The van der Waals surface area contributed by atoms with Gasteiger partial charge in [0.1, 0.15) is 18.2 Å². The zero-order valence-electron chi connectivity index (χ0n) is 12.9. The molecule has 1 N–H and O–H groups in total. The van der Waals surface area contributed by atoms with Crippen LogP contribution in [0.2, 0.25) is 0 Å². The highest BCUT2D eigenvalue weighted by Crippen LogP contribution is 2.19. The molecular formula is C19H16FNO2S. The third-order valence-electron chi connectivity index (χ3n) is 3.35. The third kappa shape index (κ3) is 4.67. The van der Waals surface area contributed by atoms with Crippen LogP contribution in [0, 0.1) is 5.82 Å². The van der Waals surface area contributed by atoms with E-state index < -0.39 is 0 Å². The highest BCUT2D eigenvalue weighted by molar-refractivity contribution is 7.10. The molecule has 0 saturated carbocycles. The molecule has 0 atom stereocenters. The Labute approximate surface area is 143 Å². The quantitative estimate of drug-likeness (QED) is 0.709. The van der Waals surface area contributed by atoms with E-state index >= 15 is 0 Å². The van der Waals surface area contributed by atoms with E-state index in [1.54, 1.807) is 29.5 Å². The van der Waals surface area contributed by atoms with Crippen LogP contribution in [0.5, 0.6) is 5.75 Å². The van der Waals surface area contributed by atoms with Gasteiger partial charge in [0.05, 0.1) is 6.42 Å². The molecule has 3 rings (SSSR count). The van der Waals surface area contributed by atoms with Gasteiger partial charge in [-0.15, -0.1) is 11.3 Å². The molecule has 2 aromatic carbocycles. The van der Waals surface area contributed by atoms with Gasteiger partial charge in [-0.25, -0.2) is 4.39 Å². The van der Waals surface area contributed by atoms with Gasteiger partial charge in [-0.05, 0) is 41.3 Å². The second-order valence-electron chi connectivity index (χ2n) is 5.25. The highest BCUT2D eigenvalue weighted by Gasteiger charge is 2.06. The molecule has 0 fully saturated rings. The van der Waals surface area contributed by atoms with Gasteiger partial charge in [0.15, 0.2) is 0 Å². The van der Waals surface area contributed by atoms with Gasteiger partial charge in [0.25, 0.3) is 0 Å². The Bertz CT molecular complexity index is 800. The minimum Gasteiger partial charge on any atom is -0.489 e. The summed E-state index contributed by atoms with van der Waals surface area (Å²) in [6.07, 6.45) is 0.359. The van der Waals surface area contributed by atoms with Crippen molar-refractivity contribution in [1.29, 1.82) is 0 Å². The Morgan fingerprint density at radius 1 is 1.08 bits per heavy atom. The van der Waals surface area contributed by atoms with E-state index in [0.29, 0.717) is 24.5 Å². The van der Waals surface area contributed by atoms with Gasteiger partial charge in [0.2, 0.25) is 5.91 Å². The summed E-state index contributed by atoms with van der Waals surface area (Å²) in [6, 6.07) is 17.3. The number of nitrogens with one attached hydrogen (secondary N) is 1. The molecule has 3 nitrogen and oxygen atoms in total. The van der Waals surface area contributed by atoms with Crippen molar-refractivity contribution in [3.8, 4) is 5.75 Å². The first-order chi connectivity index (χ1) is 11.7. The summed E-state index contributed by atoms with van der Waals surface area (Å²) in [6.45, 7) is 0.340. The number of carbonyl (C=O) groups excluding carboxylic acids is 1. The van der Waals surface area contributed by atoms with Crippen molar-refractivity contribution in [3.63, 3.8) is 0 Å². The average molecular weight is 341 g/mol. The number of anilines is 1. The first-order valence-electron chi connectivity index (χ1n) is 7.48. The van der Waals surface area contributed by atoms with Crippen molar-refractivity contribution in [1.82, 2.24) is 0 Å². The summed E-state index contributed by atoms with van der Waals surface area (Å²) < 4.78 is 18.6. The SMILES string of the molecule is O=C(Cc1cccs1)Nc1cccc(OCc2ccc(F)cc2)c1. The standard InChI is InChI=1S/C19H16FNO2S/c20-15-8-6-14(7-9-15)13-23-17-4-1-3-16(11-17)21-19(22)12-18-5-2-10-24-18/h1-11H,12-13H2,(H,21,22). The molecule has 0 aliphatic carbocycles. The van der Waals surface area contributed by atoms with Crippen LogP contribution >= 0.6 is 11.3 Å². The molecule has 0 aliphatic heterocycles. The van der Waals surface area contributed by atoms with Crippen LogP contribution in [-0.4, -0.2) is 5.91 Å². The molecule has 1 heterocycles. The lowest BCUT2D eigenvalue weighted by Crippen LogP contribution is -2.13. The predicted molar refractivity (Wildman–Crippen MR) is 93.8 cm³/mol. The molecule has 0 aliphatic rings. The number of carbonyl (C=O) groups is 1. The molecular weight excluding hydrogens is 325 g/mol. The van der Waals surface area contributed by atoms with Gasteiger partial charge in [-0.1, -0.05) is 24.3 Å². The van der Waals surface area contributed by atoms with Gasteiger partial charge in [-0.2, -0.15) is 0 Å². The zero-order chi connectivity index (χ0) is 16.8. The summed E-state index contributed by atoms with van der Waals surface area (Å²) >= 11 is 1.56. The Kier molecular flexibility index (Phi) is 5.23. The molecule has 5 heteroatoms. The maximum Gasteiger partial charge on any atom is 0.229 e. The lowest BCUT2D eigenvalue weighted by molar-refractivity contribution is -0.115. The molecule has 0 bridgehead atoms. The first-order valence-corrected chi connectivity index (χ1v) is 8.36. The predicted octanol–water partition coefficient (Wildman–Crippen LogP) is 4.65. The molecule has 3 aromatic rings. The van der Waals surface area contributed by atoms with Crippen molar-refractivity contribution in [2.24, 2.45) is 0 Å². The number of halogens is 1. The van der Waals surface area contributed by atoms with Gasteiger partial charge in [0, 0.05) is 16.6 Å². The van der Waals surface area contributed by atoms with E-state index in [1.807, 2.05) is 35.7 Å². The summed E-state index contributed by atoms with van der Waals surface area (Å²) in [5.74, 6) is 0.315. The Balaban J connectivity index is 1.57. The van der Waals surface area contributed by atoms with Crippen LogP contribution in [0.1, 0.15) is 10.4 Å². The summed E-state index contributed by atoms with van der Waals surface area (Å²) in [7, 11) is 0. The van der Waals surface area contributed by atoms with Crippen molar-refractivity contribution < 1.29 is 13.9 Å². The molecule has 1 amide bonds. The fraction of sp³-hybridized carbons (Fsp3) is 0.105. The molecule has 0 radical (unpaired) electrons. The molecule has 0 saturated heterocycles. The van der Waals surface area contributed by atoms with E-state index in [0.717, 1.165) is 10.4 Å². The molecule has 0 unspecified atom stereocenters. The number of hydrogen-bond acceptors (Lipinski definition) is 3. The summed E-state index contributed by atoms with van der Waals surface area (Å²) in [5.41, 5.74) is 1.57. The fourth-order valence-corrected chi connectivity index (χ4v) is 2.89. The molecule has 24 heavy (non-hydrogen) atoms. The Hall–Kier alpha value is -2.66. The van der Waals surface area contributed by atoms with Crippen LogP contribution in [0.25, 0.3) is 0 Å². The van der Waals surface area contributed by atoms with Gasteiger partial charge >= 0.3 is 0 Å². The van der Waals surface area contributed by atoms with Crippen molar-refractivity contribution in [3.05, 3.63) is 82.3 Å². The monoisotopic (exact) mass is 341 g/mol. The van der Waals surface area contributed by atoms with Crippen LogP contribution < -0.4 is 10.1 Å². The van der Waals surface area contributed by atoms with Crippen LogP contribution in [0.15, 0.2) is 66.0 Å². The second kappa shape index (κ2) is 7.75. The summed E-state index contributed by atoms with van der Waals surface area (Å²) in [5, 5.41) is 4.82. The van der Waals surface area contributed by atoms with Gasteiger partial charge in [-0.3, -0.25) is 4.79 Å². The van der Waals surface area contributed by atoms with Crippen molar-refractivity contribution >= 4 is 22.9 Å². The lowest BCUT2D eigenvalue weighted by Gasteiger charge is -2.09. The number of thiophene rings is 1. The van der Waals surface area contributed by atoms with E-state index in [-0.39, 0.29) is 11.7 Å². The molecule has 0 spiro atoms. The normalized spacial score (nSPS) is 10.4. The van der Waals surface area contributed by atoms with Crippen LogP contribution in [0.3, 0.4) is 0 Å². The van der Waals surface area contributed by atoms with E-state index in [4.69, 9.17) is 4.74 Å². The van der Waals surface area contributed by atoms with E-state index in [9.17, 15) is 9.18 Å². The minimum absolute atomic E-state index is 0.0619. The fourth-order valence-electron chi connectivity index (χ4n) is 2.19.